The molecule has 3 aromatic rings. The van der Waals surface area contributed by atoms with Crippen molar-refractivity contribution in [3.8, 4) is 22.3 Å². The number of ether oxygens (including phenoxy) is 1. The molecule has 1 aromatic heterocycles. The average molecular weight is 471 g/mol. The Labute approximate surface area is 206 Å². The summed E-state index contributed by atoms with van der Waals surface area (Å²) in [6, 6.07) is 16.1. The van der Waals surface area contributed by atoms with Crippen LogP contribution in [0.25, 0.3) is 33.5 Å². The summed E-state index contributed by atoms with van der Waals surface area (Å²) < 4.78 is 20.1. The summed E-state index contributed by atoms with van der Waals surface area (Å²) in [7, 11) is 1.73. The van der Waals surface area contributed by atoms with Crippen molar-refractivity contribution in [2.24, 2.45) is 0 Å². The van der Waals surface area contributed by atoms with E-state index in [1.165, 1.54) is 16.7 Å². The predicted octanol–water partition coefficient (Wildman–Crippen LogP) is 4.99. The number of hydrogen-bond acceptors (Lipinski definition) is 5. The van der Waals surface area contributed by atoms with Gasteiger partial charge >= 0.3 is 0 Å². The van der Waals surface area contributed by atoms with Crippen LogP contribution in [0.1, 0.15) is 23.1 Å². The Balaban J connectivity index is 1.41. The topological polar surface area (TPSA) is 63.4 Å². The molecule has 0 unspecified atom stereocenters. The van der Waals surface area contributed by atoms with E-state index in [1.54, 1.807) is 7.11 Å². The monoisotopic (exact) mass is 470 g/mol. The molecule has 0 spiro atoms. The molecule has 0 fully saturated rings. The third-order valence-electron chi connectivity index (χ3n) is 6.95. The number of halogens is 1. The zero-order chi connectivity index (χ0) is 24.4. The molecule has 0 bridgehead atoms. The Morgan fingerprint density at radius 1 is 1.03 bits per heavy atom. The molecule has 2 aliphatic heterocycles. The second-order valence-corrected chi connectivity index (χ2v) is 9.14. The molecule has 35 heavy (non-hydrogen) atoms. The number of anilines is 1. The molecule has 5 rings (SSSR count). The molecule has 5 nitrogen and oxygen atoms in total. The number of nitrogens with one attached hydrogen (secondary N) is 1. The summed E-state index contributed by atoms with van der Waals surface area (Å²) >= 11 is 0. The van der Waals surface area contributed by atoms with E-state index >= 15 is 0 Å². The Morgan fingerprint density at radius 2 is 1.80 bits per heavy atom. The lowest BCUT2D eigenvalue weighted by molar-refractivity contribution is 0.154. The minimum absolute atomic E-state index is 0.195. The molecule has 3 N–H and O–H groups in total. The van der Waals surface area contributed by atoms with E-state index in [4.69, 9.17) is 10.5 Å². The van der Waals surface area contributed by atoms with Gasteiger partial charge in [-0.1, -0.05) is 55.1 Å². The van der Waals surface area contributed by atoms with E-state index in [9.17, 15) is 4.39 Å². The van der Waals surface area contributed by atoms with Gasteiger partial charge in [-0.05, 0) is 46.7 Å². The molecule has 6 heteroatoms. The van der Waals surface area contributed by atoms with E-state index in [0.717, 1.165) is 73.6 Å². The van der Waals surface area contributed by atoms with Gasteiger partial charge < -0.3 is 15.8 Å². The fourth-order valence-electron chi connectivity index (χ4n) is 4.90. The molecular weight excluding hydrogens is 439 g/mol. The average Bonchev–Trinajstić information content (AvgIpc) is 2.88. The van der Waals surface area contributed by atoms with Crippen LogP contribution in [0.4, 0.5) is 10.2 Å². The second-order valence-electron chi connectivity index (χ2n) is 9.14. The maximum Gasteiger partial charge on any atom is 0.222 e. The SMILES string of the molecule is C=C1NCCc2cc(-c3cc(-c4ccc(C5=CCN(CCOC)CC5)cc4)c(F)nc3N)ccc21. The number of nitrogens with zero attached hydrogens (tertiary/aromatic N) is 2. The summed E-state index contributed by atoms with van der Waals surface area (Å²) in [6.45, 7) is 8.57. The molecule has 2 aromatic carbocycles. The van der Waals surface area contributed by atoms with E-state index in [2.05, 4.69) is 46.1 Å². The highest BCUT2D eigenvalue weighted by molar-refractivity contribution is 5.82. The number of hydrogen-bond donors (Lipinski definition) is 2. The third-order valence-corrected chi connectivity index (χ3v) is 6.95. The summed E-state index contributed by atoms with van der Waals surface area (Å²) in [6.07, 6.45) is 4.17. The van der Waals surface area contributed by atoms with Crippen LogP contribution < -0.4 is 11.1 Å². The first-order valence-corrected chi connectivity index (χ1v) is 12.1. The van der Waals surface area contributed by atoms with Crippen LogP contribution in [0.2, 0.25) is 0 Å². The largest absolute Gasteiger partial charge is 0.385 e. The molecular formula is C29H31FN4O. The number of nitrogen functional groups attached to an aromatic ring is 1. The van der Waals surface area contributed by atoms with Crippen molar-refractivity contribution in [3.63, 3.8) is 0 Å². The summed E-state index contributed by atoms with van der Waals surface area (Å²) in [4.78, 5) is 6.43. The van der Waals surface area contributed by atoms with Gasteiger partial charge in [0.25, 0.3) is 0 Å². The Hall–Kier alpha value is -3.48. The van der Waals surface area contributed by atoms with Crippen molar-refractivity contribution < 1.29 is 9.13 Å². The van der Waals surface area contributed by atoms with Crippen LogP contribution in [0.15, 0.2) is 61.2 Å². The van der Waals surface area contributed by atoms with Gasteiger partial charge in [0.05, 0.1) is 6.61 Å². The van der Waals surface area contributed by atoms with Crippen LogP contribution in [-0.4, -0.2) is 49.8 Å². The zero-order valence-corrected chi connectivity index (χ0v) is 20.1. The van der Waals surface area contributed by atoms with Crippen LogP contribution in [0.5, 0.6) is 0 Å². The number of rotatable bonds is 6. The molecule has 180 valence electrons. The van der Waals surface area contributed by atoms with Gasteiger partial charge in [0.2, 0.25) is 5.95 Å². The number of pyridine rings is 1. The number of methoxy groups -OCH3 is 1. The number of nitrogens with two attached hydrogens (primary N) is 1. The molecule has 0 amide bonds. The highest BCUT2D eigenvalue weighted by Crippen LogP contribution is 2.34. The summed E-state index contributed by atoms with van der Waals surface area (Å²) in [5, 5.41) is 3.29. The number of fused-ring (bicyclic) bond motifs is 1. The van der Waals surface area contributed by atoms with Crippen molar-refractivity contribution >= 4 is 17.1 Å². The standard InChI is InChI=1S/C29H31FN4O/c1-19-25-8-7-23(17-24(25)9-12-32-19)27-18-26(28(30)33-29(27)31)22-5-3-20(4-6-22)21-10-13-34(14-11-21)15-16-35-2/h3-8,10,17-18,32H,1,9,11-16H2,2H3,(H2,31,33). The molecule has 2 aliphatic rings. The van der Waals surface area contributed by atoms with Gasteiger partial charge in [-0.25, -0.2) is 4.98 Å². The van der Waals surface area contributed by atoms with Crippen LogP contribution in [0, 0.1) is 5.95 Å². The fourth-order valence-corrected chi connectivity index (χ4v) is 4.90. The van der Waals surface area contributed by atoms with Gasteiger partial charge in [0.15, 0.2) is 0 Å². The van der Waals surface area contributed by atoms with Gasteiger partial charge in [0.1, 0.15) is 5.82 Å². The minimum Gasteiger partial charge on any atom is -0.385 e. The first-order chi connectivity index (χ1) is 17.0. The van der Waals surface area contributed by atoms with E-state index in [-0.39, 0.29) is 5.82 Å². The first kappa shape index (κ1) is 23.3. The maximum atomic E-state index is 14.9. The van der Waals surface area contributed by atoms with E-state index in [1.807, 2.05) is 30.3 Å². The molecule has 0 radical (unpaired) electrons. The molecule has 0 aliphatic carbocycles. The Morgan fingerprint density at radius 3 is 2.54 bits per heavy atom. The second kappa shape index (κ2) is 10.0. The lowest BCUT2D eigenvalue weighted by atomic mass is 9.92. The predicted molar refractivity (Wildman–Crippen MR) is 141 cm³/mol. The van der Waals surface area contributed by atoms with E-state index < -0.39 is 5.95 Å². The van der Waals surface area contributed by atoms with Crippen molar-refractivity contribution in [2.45, 2.75) is 12.8 Å². The maximum absolute atomic E-state index is 14.9. The Kier molecular flexibility index (Phi) is 6.66. The first-order valence-electron chi connectivity index (χ1n) is 12.1. The van der Waals surface area contributed by atoms with Crippen molar-refractivity contribution in [2.75, 3.05) is 45.6 Å². The van der Waals surface area contributed by atoms with Crippen molar-refractivity contribution in [1.29, 1.82) is 0 Å². The van der Waals surface area contributed by atoms with Crippen LogP contribution in [-0.2, 0) is 11.2 Å². The summed E-state index contributed by atoms with van der Waals surface area (Å²) in [5.41, 5.74) is 14.8. The fraction of sp³-hybridized carbons (Fsp3) is 0.276. The smallest absolute Gasteiger partial charge is 0.222 e. The Bertz CT molecular complexity index is 1280. The lowest BCUT2D eigenvalue weighted by Gasteiger charge is -2.26. The third kappa shape index (κ3) is 4.85. The lowest BCUT2D eigenvalue weighted by Crippen LogP contribution is -2.31. The molecule has 3 heterocycles. The number of benzene rings is 2. The normalized spacial score (nSPS) is 15.9. The van der Waals surface area contributed by atoms with Gasteiger partial charge in [-0.15, -0.1) is 0 Å². The van der Waals surface area contributed by atoms with Crippen molar-refractivity contribution in [1.82, 2.24) is 15.2 Å². The van der Waals surface area contributed by atoms with Gasteiger partial charge in [-0.3, -0.25) is 4.90 Å². The van der Waals surface area contributed by atoms with Crippen molar-refractivity contribution in [3.05, 3.63) is 83.8 Å². The highest BCUT2D eigenvalue weighted by atomic mass is 19.1. The number of aromatic nitrogens is 1. The highest BCUT2D eigenvalue weighted by Gasteiger charge is 2.18. The van der Waals surface area contributed by atoms with Gasteiger partial charge in [-0.2, -0.15) is 4.39 Å². The summed E-state index contributed by atoms with van der Waals surface area (Å²) in [5.74, 6) is -0.360. The van der Waals surface area contributed by atoms with Crippen LogP contribution in [0.3, 0.4) is 0 Å². The molecule has 0 saturated heterocycles. The van der Waals surface area contributed by atoms with Crippen LogP contribution >= 0.6 is 0 Å². The van der Waals surface area contributed by atoms with Gasteiger partial charge in [0, 0.05) is 55.7 Å². The molecule has 0 atom stereocenters. The molecule has 0 saturated carbocycles. The van der Waals surface area contributed by atoms with E-state index in [0.29, 0.717) is 5.56 Å². The minimum atomic E-state index is -0.555. The zero-order valence-electron chi connectivity index (χ0n) is 20.1. The quantitative estimate of drug-likeness (QED) is 0.497.